The molecule has 0 bridgehead atoms. The number of piperidine rings is 1. The first-order valence-electron chi connectivity index (χ1n) is 7.09. The number of aromatic amines is 1. The lowest BCUT2D eigenvalue weighted by molar-refractivity contribution is 0.0351. The van der Waals surface area contributed by atoms with Crippen molar-refractivity contribution in [2.24, 2.45) is 0 Å². The third kappa shape index (κ3) is 2.78. The van der Waals surface area contributed by atoms with Crippen molar-refractivity contribution in [1.29, 1.82) is 0 Å². The first kappa shape index (κ1) is 14.1. The molecule has 1 atom stereocenters. The maximum atomic E-state index is 12.7. The van der Waals surface area contributed by atoms with Gasteiger partial charge in [-0.25, -0.2) is 4.79 Å². The van der Waals surface area contributed by atoms with Crippen LogP contribution in [0.1, 0.15) is 31.0 Å². The van der Waals surface area contributed by atoms with Crippen LogP contribution in [0.25, 0.3) is 0 Å². The van der Waals surface area contributed by atoms with Crippen molar-refractivity contribution in [3.05, 3.63) is 15.5 Å². The van der Waals surface area contributed by atoms with E-state index in [0.717, 1.165) is 35.1 Å². The molecule has 2 aliphatic heterocycles. The fourth-order valence-electron chi connectivity index (χ4n) is 2.91. The van der Waals surface area contributed by atoms with Crippen LogP contribution in [-0.2, 0) is 4.74 Å². The Labute approximate surface area is 132 Å². The average Bonchev–Trinajstić information content (AvgIpc) is 2.93. The molecule has 0 saturated carbocycles. The van der Waals surface area contributed by atoms with E-state index in [0.29, 0.717) is 26.3 Å². The summed E-state index contributed by atoms with van der Waals surface area (Å²) in [4.78, 5) is 16.6. The number of H-pyrrole nitrogens is 1. The summed E-state index contributed by atoms with van der Waals surface area (Å²) in [6.07, 6.45) is 5.07. The fraction of sp³-hybridized carbons (Fsp3) is 0.692. The lowest BCUT2D eigenvalue weighted by atomic mass is 10.00. The lowest BCUT2D eigenvalue weighted by Gasteiger charge is -2.39. The van der Waals surface area contributed by atoms with Crippen molar-refractivity contribution in [1.82, 2.24) is 20.0 Å². The Hall–Kier alpha value is -0.830. The predicted octanol–water partition coefficient (Wildman–Crippen LogP) is 1.99. The summed E-state index contributed by atoms with van der Waals surface area (Å²) in [5.41, 5.74) is 1.08. The highest BCUT2D eigenvalue weighted by atomic mass is 127. The van der Waals surface area contributed by atoms with E-state index in [1.807, 2.05) is 16.0 Å². The highest BCUT2D eigenvalue weighted by molar-refractivity contribution is 14.1. The number of nitrogens with zero attached hydrogens (tertiary/aromatic N) is 3. The van der Waals surface area contributed by atoms with Gasteiger partial charge in [-0.1, -0.05) is 0 Å². The van der Waals surface area contributed by atoms with Crippen LogP contribution in [0.15, 0.2) is 6.20 Å². The Kier molecular flexibility index (Phi) is 4.45. The van der Waals surface area contributed by atoms with Crippen LogP contribution in [0.3, 0.4) is 0 Å². The topological polar surface area (TPSA) is 61.5 Å². The van der Waals surface area contributed by atoms with Gasteiger partial charge in [0.15, 0.2) is 0 Å². The lowest BCUT2D eigenvalue weighted by Crippen LogP contribution is -2.50. The van der Waals surface area contributed by atoms with E-state index < -0.39 is 0 Å². The minimum atomic E-state index is 0.133. The quantitative estimate of drug-likeness (QED) is 0.747. The van der Waals surface area contributed by atoms with E-state index in [1.54, 1.807) is 0 Å². The van der Waals surface area contributed by atoms with Crippen molar-refractivity contribution >= 4 is 28.6 Å². The van der Waals surface area contributed by atoms with E-state index in [2.05, 4.69) is 32.8 Å². The number of amides is 2. The summed E-state index contributed by atoms with van der Waals surface area (Å²) in [5, 5.41) is 7.17. The molecule has 0 aromatic carbocycles. The Bertz CT molecular complexity index is 473. The molecule has 0 spiro atoms. The van der Waals surface area contributed by atoms with Gasteiger partial charge < -0.3 is 14.5 Å². The molecule has 2 saturated heterocycles. The number of hydrogen-bond acceptors (Lipinski definition) is 3. The SMILES string of the molecule is O=C(N1CCOCC1)N1CCCCC1c1[nH]ncc1I. The van der Waals surface area contributed by atoms with E-state index >= 15 is 0 Å². The number of likely N-dealkylation sites (tertiary alicyclic amines) is 1. The zero-order valence-corrected chi connectivity index (χ0v) is 13.5. The summed E-state index contributed by atoms with van der Waals surface area (Å²) < 4.78 is 6.43. The monoisotopic (exact) mass is 390 g/mol. The molecule has 1 unspecified atom stereocenters. The molecular formula is C13H19IN4O2. The smallest absolute Gasteiger partial charge is 0.320 e. The number of morpholine rings is 1. The molecule has 2 amide bonds. The maximum absolute atomic E-state index is 12.7. The molecular weight excluding hydrogens is 371 g/mol. The highest BCUT2D eigenvalue weighted by Gasteiger charge is 2.33. The van der Waals surface area contributed by atoms with Crippen LogP contribution in [-0.4, -0.2) is 58.9 Å². The van der Waals surface area contributed by atoms with Gasteiger partial charge >= 0.3 is 6.03 Å². The van der Waals surface area contributed by atoms with Crippen LogP contribution in [0.5, 0.6) is 0 Å². The van der Waals surface area contributed by atoms with Crippen molar-refractivity contribution in [2.75, 3.05) is 32.8 Å². The molecule has 1 aromatic heterocycles. The van der Waals surface area contributed by atoms with Crippen LogP contribution < -0.4 is 0 Å². The van der Waals surface area contributed by atoms with Crippen molar-refractivity contribution in [3.63, 3.8) is 0 Å². The molecule has 2 fully saturated rings. The molecule has 3 heterocycles. The number of nitrogens with one attached hydrogen (secondary N) is 1. The first-order chi connectivity index (χ1) is 9.77. The third-order valence-electron chi connectivity index (χ3n) is 3.98. The Morgan fingerprint density at radius 1 is 1.35 bits per heavy atom. The van der Waals surface area contributed by atoms with E-state index in [4.69, 9.17) is 4.74 Å². The molecule has 2 aliphatic rings. The normalized spacial score (nSPS) is 23.9. The van der Waals surface area contributed by atoms with Gasteiger partial charge in [0.25, 0.3) is 0 Å². The number of carbonyl (C=O) groups excluding carboxylic acids is 1. The number of hydrogen-bond donors (Lipinski definition) is 1. The second kappa shape index (κ2) is 6.30. The van der Waals surface area contributed by atoms with Gasteiger partial charge in [-0.2, -0.15) is 5.10 Å². The molecule has 110 valence electrons. The summed E-state index contributed by atoms with van der Waals surface area (Å²) in [7, 11) is 0. The average molecular weight is 390 g/mol. The maximum Gasteiger partial charge on any atom is 0.320 e. The summed E-state index contributed by atoms with van der Waals surface area (Å²) >= 11 is 2.28. The zero-order valence-electron chi connectivity index (χ0n) is 11.3. The second-order valence-corrected chi connectivity index (χ2v) is 6.38. The molecule has 7 heteroatoms. The van der Waals surface area contributed by atoms with Gasteiger partial charge in [0.05, 0.1) is 34.7 Å². The molecule has 1 N–H and O–H groups in total. The van der Waals surface area contributed by atoms with Crippen LogP contribution in [0.4, 0.5) is 4.79 Å². The third-order valence-corrected chi connectivity index (χ3v) is 4.84. The number of carbonyl (C=O) groups is 1. The van der Waals surface area contributed by atoms with E-state index in [9.17, 15) is 4.79 Å². The Balaban J connectivity index is 1.78. The van der Waals surface area contributed by atoms with Gasteiger partial charge in [-0.05, 0) is 41.9 Å². The minimum Gasteiger partial charge on any atom is -0.378 e. The number of rotatable bonds is 1. The highest BCUT2D eigenvalue weighted by Crippen LogP contribution is 2.32. The van der Waals surface area contributed by atoms with Crippen LogP contribution in [0, 0.1) is 3.57 Å². The molecule has 0 radical (unpaired) electrons. The Morgan fingerprint density at radius 2 is 2.15 bits per heavy atom. The van der Waals surface area contributed by atoms with Crippen LogP contribution >= 0.6 is 22.6 Å². The van der Waals surface area contributed by atoms with Crippen molar-refractivity contribution < 1.29 is 9.53 Å². The largest absolute Gasteiger partial charge is 0.378 e. The second-order valence-electron chi connectivity index (χ2n) is 5.22. The van der Waals surface area contributed by atoms with Gasteiger partial charge in [0, 0.05) is 19.6 Å². The van der Waals surface area contributed by atoms with Gasteiger partial charge in [-0.15, -0.1) is 0 Å². The number of ether oxygens (including phenoxy) is 1. The fourth-order valence-corrected chi connectivity index (χ4v) is 3.53. The molecule has 3 rings (SSSR count). The summed E-state index contributed by atoms with van der Waals surface area (Å²) in [5.74, 6) is 0. The number of halogens is 1. The van der Waals surface area contributed by atoms with Gasteiger partial charge in [-0.3, -0.25) is 5.10 Å². The van der Waals surface area contributed by atoms with Crippen LogP contribution in [0.2, 0.25) is 0 Å². The molecule has 1 aromatic rings. The van der Waals surface area contributed by atoms with Gasteiger partial charge in [0.2, 0.25) is 0 Å². The number of urea groups is 1. The summed E-state index contributed by atoms with van der Waals surface area (Å²) in [6, 6.07) is 0.275. The minimum absolute atomic E-state index is 0.133. The van der Waals surface area contributed by atoms with E-state index in [1.165, 1.54) is 0 Å². The van der Waals surface area contributed by atoms with Gasteiger partial charge in [0.1, 0.15) is 0 Å². The predicted molar refractivity (Wildman–Crippen MR) is 82.4 cm³/mol. The molecule has 6 nitrogen and oxygen atoms in total. The zero-order chi connectivity index (χ0) is 13.9. The number of aromatic nitrogens is 2. The molecule has 0 aliphatic carbocycles. The first-order valence-corrected chi connectivity index (χ1v) is 8.17. The standard InChI is InChI=1S/C13H19IN4O2/c14-10-9-15-16-12(10)11-3-1-2-4-18(11)13(19)17-5-7-20-8-6-17/h9,11H,1-8H2,(H,15,16). The molecule has 20 heavy (non-hydrogen) atoms. The van der Waals surface area contributed by atoms with Crippen molar-refractivity contribution in [2.45, 2.75) is 25.3 Å². The summed E-state index contributed by atoms with van der Waals surface area (Å²) in [6.45, 7) is 3.51. The van der Waals surface area contributed by atoms with Crippen molar-refractivity contribution in [3.8, 4) is 0 Å². The Morgan fingerprint density at radius 3 is 2.85 bits per heavy atom. The van der Waals surface area contributed by atoms with E-state index in [-0.39, 0.29) is 12.1 Å².